The lowest BCUT2D eigenvalue weighted by Crippen LogP contribution is -2.50. The number of benzene rings is 1. The second-order valence-electron chi connectivity index (χ2n) is 5.51. The lowest BCUT2D eigenvalue weighted by molar-refractivity contribution is -0.00717. The van der Waals surface area contributed by atoms with Gasteiger partial charge in [-0.2, -0.15) is 0 Å². The number of hydrogen-bond acceptors (Lipinski definition) is 2. The average molecular weight is 298 g/mol. The molecule has 0 aromatic heterocycles. The molecule has 0 aliphatic carbocycles. The van der Waals surface area contributed by atoms with Gasteiger partial charge in [-0.05, 0) is 44.4 Å². The summed E-state index contributed by atoms with van der Waals surface area (Å²) in [4.78, 5) is 2.46. The molecule has 0 amide bonds. The minimum Gasteiger partial charge on any atom is -0.393 e. The molecule has 1 aromatic carbocycles. The van der Waals surface area contributed by atoms with E-state index in [-0.39, 0.29) is 11.6 Å². The van der Waals surface area contributed by atoms with Crippen LogP contribution < -0.4 is 0 Å². The second kappa shape index (κ2) is 5.09. The number of piperidine rings is 1. The normalized spacial score (nSPS) is 24.8. The van der Waals surface area contributed by atoms with Crippen LogP contribution in [0.2, 0.25) is 0 Å². The molecule has 1 unspecified atom stereocenters. The van der Waals surface area contributed by atoms with Gasteiger partial charge in [0.15, 0.2) is 0 Å². The van der Waals surface area contributed by atoms with Gasteiger partial charge in [0.1, 0.15) is 0 Å². The fourth-order valence-corrected chi connectivity index (χ4v) is 2.78. The van der Waals surface area contributed by atoms with E-state index in [4.69, 9.17) is 0 Å². The third-order valence-electron chi connectivity index (χ3n) is 3.61. The highest BCUT2D eigenvalue weighted by atomic mass is 79.9. The highest BCUT2D eigenvalue weighted by Crippen LogP contribution is 2.29. The van der Waals surface area contributed by atoms with Crippen LogP contribution >= 0.6 is 15.9 Å². The van der Waals surface area contributed by atoms with Crippen LogP contribution in [-0.4, -0.2) is 28.2 Å². The zero-order chi connectivity index (χ0) is 12.5. The molecule has 0 radical (unpaired) electrons. The molecule has 1 saturated heterocycles. The summed E-state index contributed by atoms with van der Waals surface area (Å²) in [6, 6.07) is 8.48. The molecule has 17 heavy (non-hydrogen) atoms. The summed E-state index contributed by atoms with van der Waals surface area (Å²) in [5.41, 5.74) is 1.42. The number of aliphatic hydroxyl groups excluding tert-OH is 1. The fraction of sp³-hybridized carbons (Fsp3) is 0.571. The van der Waals surface area contributed by atoms with Gasteiger partial charge >= 0.3 is 0 Å². The summed E-state index contributed by atoms with van der Waals surface area (Å²) in [6.45, 7) is 6.37. The zero-order valence-electron chi connectivity index (χ0n) is 10.5. The first-order chi connectivity index (χ1) is 7.97. The first-order valence-corrected chi connectivity index (χ1v) is 6.94. The zero-order valence-corrected chi connectivity index (χ0v) is 12.1. The Morgan fingerprint density at radius 3 is 2.59 bits per heavy atom. The number of aliphatic hydroxyl groups is 1. The van der Waals surface area contributed by atoms with Crippen LogP contribution in [0.3, 0.4) is 0 Å². The van der Waals surface area contributed by atoms with Crippen molar-refractivity contribution in [3.63, 3.8) is 0 Å². The first-order valence-electron chi connectivity index (χ1n) is 6.15. The molecule has 0 saturated carbocycles. The lowest BCUT2D eigenvalue weighted by Gasteiger charge is -2.44. The SMILES string of the molecule is CC1(C)CC(O)CCN1Cc1ccc(Br)cc1. The molecule has 1 aromatic rings. The van der Waals surface area contributed by atoms with Crippen LogP contribution in [0.4, 0.5) is 0 Å². The quantitative estimate of drug-likeness (QED) is 0.906. The maximum absolute atomic E-state index is 9.73. The average Bonchev–Trinajstić information content (AvgIpc) is 2.24. The summed E-state index contributed by atoms with van der Waals surface area (Å²) in [6.07, 6.45) is 1.62. The predicted molar refractivity (Wildman–Crippen MR) is 73.9 cm³/mol. The van der Waals surface area contributed by atoms with E-state index >= 15 is 0 Å². The van der Waals surface area contributed by atoms with E-state index in [0.717, 1.165) is 30.4 Å². The van der Waals surface area contributed by atoms with Crippen molar-refractivity contribution >= 4 is 15.9 Å². The van der Waals surface area contributed by atoms with Crippen molar-refractivity contribution in [2.45, 2.75) is 44.9 Å². The van der Waals surface area contributed by atoms with Crippen LogP contribution in [0.5, 0.6) is 0 Å². The second-order valence-corrected chi connectivity index (χ2v) is 6.42. The summed E-state index contributed by atoms with van der Waals surface area (Å²) in [5, 5.41) is 9.73. The van der Waals surface area contributed by atoms with Crippen molar-refractivity contribution in [2.75, 3.05) is 6.54 Å². The molecule has 1 fully saturated rings. The standard InChI is InChI=1S/C14H20BrNO/c1-14(2)9-13(17)7-8-16(14)10-11-3-5-12(15)6-4-11/h3-6,13,17H,7-10H2,1-2H3. The van der Waals surface area contributed by atoms with Gasteiger partial charge in [-0.25, -0.2) is 0 Å². The first kappa shape index (κ1) is 13.1. The van der Waals surface area contributed by atoms with Crippen LogP contribution in [0.15, 0.2) is 28.7 Å². The van der Waals surface area contributed by atoms with E-state index in [1.165, 1.54) is 5.56 Å². The van der Waals surface area contributed by atoms with Crippen LogP contribution in [0.25, 0.3) is 0 Å². The van der Waals surface area contributed by atoms with Crippen molar-refractivity contribution in [2.24, 2.45) is 0 Å². The summed E-state index contributed by atoms with van der Waals surface area (Å²) >= 11 is 3.45. The van der Waals surface area contributed by atoms with Crippen molar-refractivity contribution in [3.8, 4) is 0 Å². The minimum absolute atomic E-state index is 0.0880. The monoisotopic (exact) mass is 297 g/mol. The van der Waals surface area contributed by atoms with Gasteiger partial charge in [0.05, 0.1) is 6.10 Å². The van der Waals surface area contributed by atoms with Gasteiger partial charge in [-0.15, -0.1) is 0 Å². The molecule has 0 bridgehead atoms. The van der Waals surface area contributed by atoms with E-state index in [1.54, 1.807) is 0 Å². The van der Waals surface area contributed by atoms with E-state index in [2.05, 4.69) is 58.9 Å². The summed E-state index contributed by atoms with van der Waals surface area (Å²) in [7, 11) is 0. The van der Waals surface area contributed by atoms with Gasteiger partial charge in [0.25, 0.3) is 0 Å². The third-order valence-corrected chi connectivity index (χ3v) is 4.14. The number of nitrogens with zero attached hydrogens (tertiary/aromatic N) is 1. The molecule has 3 heteroatoms. The number of likely N-dealkylation sites (tertiary alicyclic amines) is 1. The Kier molecular flexibility index (Phi) is 3.91. The van der Waals surface area contributed by atoms with Crippen LogP contribution in [0, 0.1) is 0 Å². The molecule has 1 aliphatic heterocycles. The maximum Gasteiger partial charge on any atom is 0.0569 e. The van der Waals surface area contributed by atoms with E-state index in [1.807, 2.05) is 0 Å². The Bertz CT molecular complexity index is 374. The summed E-state index contributed by atoms with van der Waals surface area (Å²) < 4.78 is 1.12. The van der Waals surface area contributed by atoms with Crippen LogP contribution in [0.1, 0.15) is 32.3 Å². The molecule has 1 atom stereocenters. The predicted octanol–water partition coefficient (Wildman–Crippen LogP) is 3.18. The van der Waals surface area contributed by atoms with Gasteiger partial charge in [-0.1, -0.05) is 28.1 Å². The smallest absolute Gasteiger partial charge is 0.0569 e. The van der Waals surface area contributed by atoms with Crippen molar-refractivity contribution in [1.82, 2.24) is 4.90 Å². The van der Waals surface area contributed by atoms with Crippen molar-refractivity contribution in [1.29, 1.82) is 0 Å². The van der Waals surface area contributed by atoms with E-state index in [9.17, 15) is 5.11 Å². The molecule has 1 heterocycles. The largest absolute Gasteiger partial charge is 0.393 e. The summed E-state index contributed by atoms with van der Waals surface area (Å²) in [5.74, 6) is 0. The maximum atomic E-state index is 9.73. The van der Waals surface area contributed by atoms with Gasteiger partial charge < -0.3 is 5.11 Å². The van der Waals surface area contributed by atoms with E-state index < -0.39 is 0 Å². The van der Waals surface area contributed by atoms with Crippen molar-refractivity contribution < 1.29 is 5.11 Å². The Morgan fingerprint density at radius 1 is 1.35 bits per heavy atom. The molecule has 1 aliphatic rings. The molecular formula is C14H20BrNO. The molecule has 1 N–H and O–H groups in total. The molecule has 2 nitrogen and oxygen atoms in total. The Morgan fingerprint density at radius 2 is 2.00 bits per heavy atom. The lowest BCUT2D eigenvalue weighted by atomic mass is 9.88. The minimum atomic E-state index is -0.133. The molecule has 2 rings (SSSR count). The van der Waals surface area contributed by atoms with E-state index in [0.29, 0.717) is 0 Å². The Hall–Kier alpha value is -0.380. The van der Waals surface area contributed by atoms with Gasteiger partial charge in [0.2, 0.25) is 0 Å². The highest BCUT2D eigenvalue weighted by molar-refractivity contribution is 9.10. The fourth-order valence-electron chi connectivity index (χ4n) is 2.52. The molecule has 94 valence electrons. The third kappa shape index (κ3) is 3.30. The van der Waals surface area contributed by atoms with Gasteiger partial charge in [0, 0.05) is 23.1 Å². The van der Waals surface area contributed by atoms with Crippen LogP contribution in [-0.2, 0) is 6.54 Å². The number of halogens is 1. The Balaban J connectivity index is 2.05. The van der Waals surface area contributed by atoms with Gasteiger partial charge in [-0.3, -0.25) is 4.90 Å². The molecular weight excluding hydrogens is 278 g/mol. The number of rotatable bonds is 2. The Labute approximate surface area is 112 Å². The number of hydrogen-bond donors (Lipinski definition) is 1. The highest BCUT2D eigenvalue weighted by Gasteiger charge is 2.33. The molecule has 0 spiro atoms. The van der Waals surface area contributed by atoms with Crippen molar-refractivity contribution in [3.05, 3.63) is 34.3 Å². The topological polar surface area (TPSA) is 23.5 Å².